The summed E-state index contributed by atoms with van der Waals surface area (Å²) in [5, 5.41) is 34.3. The lowest BCUT2D eigenvalue weighted by atomic mass is 10.0. The van der Waals surface area contributed by atoms with Crippen LogP contribution in [0.3, 0.4) is 0 Å². The van der Waals surface area contributed by atoms with Crippen LogP contribution in [0.25, 0.3) is 22.6 Å². The molecule has 1 aliphatic heterocycles. The molecule has 39 heavy (non-hydrogen) atoms. The first kappa shape index (κ1) is 25.8. The summed E-state index contributed by atoms with van der Waals surface area (Å²) >= 11 is 0.537. The molecule has 0 bridgehead atoms. The fourth-order valence-corrected chi connectivity index (χ4v) is 4.99. The van der Waals surface area contributed by atoms with E-state index in [9.17, 15) is 25.3 Å². The number of rotatable bonds is 8. The molecule has 0 amide bonds. The lowest BCUT2D eigenvalue weighted by Crippen LogP contribution is -2.36. The van der Waals surface area contributed by atoms with Crippen LogP contribution >= 0.6 is 11.3 Å². The number of anilines is 1. The highest BCUT2D eigenvalue weighted by Crippen LogP contribution is 2.36. The number of nitro groups is 1. The summed E-state index contributed by atoms with van der Waals surface area (Å²) < 4.78 is 16.7. The summed E-state index contributed by atoms with van der Waals surface area (Å²) in [6, 6.07) is 14.4. The SMILES string of the molecule is Cc1cc(-c2cc(-c3ccc(N4CCOCC4)cc3)nc(OCc3cc([N+](=O)[O-])sc3C(=O)O)c2C#N)on1. The Morgan fingerprint density at radius 3 is 2.62 bits per heavy atom. The number of hydrogen-bond donors (Lipinski definition) is 1. The second kappa shape index (κ2) is 10.9. The Morgan fingerprint density at radius 1 is 1.26 bits per heavy atom. The molecule has 1 fully saturated rings. The van der Waals surface area contributed by atoms with Crippen molar-refractivity contribution in [1.29, 1.82) is 5.26 Å². The standard InChI is InChI=1S/C26H21N5O7S/c1-15-10-22(38-29-15)19-12-21(16-2-4-18(5-3-16)30-6-8-36-9-7-30)28-25(20(19)13-27)37-14-17-11-23(31(34)35)39-24(17)26(32)33/h2-5,10-12H,6-9,14H2,1H3,(H,32,33). The Kier molecular flexibility index (Phi) is 7.22. The van der Waals surface area contributed by atoms with Crippen LogP contribution in [-0.4, -0.2) is 52.4 Å². The van der Waals surface area contributed by atoms with Gasteiger partial charge in [0.25, 0.3) is 0 Å². The molecule has 5 rings (SSSR count). The van der Waals surface area contributed by atoms with Gasteiger partial charge in [0.15, 0.2) is 5.76 Å². The van der Waals surface area contributed by atoms with E-state index in [2.05, 4.69) is 21.1 Å². The van der Waals surface area contributed by atoms with E-state index in [0.717, 1.165) is 30.4 Å². The lowest BCUT2D eigenvalue weighted by Gasteiger charge is -2.28. The number of hydrogen-bond acceptors (Lipinski definition) is 11. The fraction of sp³-hybridized carbons (Fsp3) is 0.231. The molecule has 0 aliphatic carbocycles. The van der Waals surface area contributed by atoms with E-state index in [1.54, 1.807) is 19.1 Å². The van der Waals surface area contributed by atoms with Crippen molar-refractivity contribution in [2.45, 2.75) is 13.5 Å². The van der Waals surface area contributed by atoms with E-state index >= 15 is 0 Å². The molecular formula is C26H21N5O7S. The van der Waals surface area contributed by atoms with Crippen LogP contribution in [0.4, 0.5) is 10.7 Å². The van der Waals surface area contributed by atoms with Gasteiger partial charge in [-0.15, -0.1) is 0 Å². The maximum atomic E-state index is 11.6. The zero-order valence-electron chi connectivity index (χ0n) is 20.6. The summed E-state index contributed by atoms with van der Waals surface area (Å²) in [7, 11) is 0. The van der Waals surface area contributed by atoms with Crippen LogP contribution < -0.4 is 9.64 Å². The first-order chi connectivity index (χ1) is 18.8. The monoisotopic (exact) mass is 547 g/mol. The number of aryl methyl sites for hydroxylation is 1. The van der Waals surface area contributed by atoms with Gasteiger partial charge in [0, 0.05) is 47.6 Å². The highest BCUT2D eigenvalue weighted by molar-refractivity contribution is 7.17. The van der Waals surface area contributed by atoms with Crippen LogP contribution in [0.15, 0.2) is 47.0 Å². The summed E-state index contributed by atoms with van der Waals surface area (Å²) in [4.78, 5) is 28.7. The number of aromatic nitrogens is 2. The van der Waals surface area contributed by atoms with E-state index in [4.69, 9.17) is 14.0 Å². The van der Waals surface area contributed by atoms with Crippen LogP contribution in [0.5, 0.6) is 5.88 Å². The number of thiophene rings is 1. The molecule has 1 aliphatic rings. The predicted octanol–water partition coefficient (Wildman–Crippen LogP) is 4.67. The zero-order valence-corrected chi connectivity index (χ0v) is 21.4. The summed E-state index contributed by atoms with van der Waals surface area (Å²) in [5.41, 5.74) is 3.43. The minimum Gasteiger partial charge on any atom is -0.477 e. The first-order valence-electron chi connectivity index (χ1n) is 11.8. The van der Waals surface area contributed by atoms with E-state index in [1.807, 2.05) is 24.3 Å². The number of aromatic carboxylic acids is 1. The van der Waals surface area contributed by atoms with Gasteiger partial charge in [0.1, 0.15) is 23.1 Å². The van der Waals surface area contributed by atoms with Gasteiger partial charge in [-0.25, -0.2) is 9.78 Å². The molecule has 4 aromatic rings. The normalized spacial score (nSPS) is 13.2. The lowest BCUT2D eigenvalue weighted by molar-refractivity contribution is -0.380. The number of nitrogens with zero attached hydrogens (tertiary/aromatic N) is 5. The Hall–Kier alpha value is -4.80. The Bertz CT molecular complexity index is 1580. The zero-order chi connectivity index (χ0) is 27.5. The third-order valence-electron chi connectivity index (χ3n) is 6.07. The number of benzene rings is 1. The fourth-order valence-electron chi connectivity index (χ4n) is 4.17. The van der Waals surface area contributed by atoms with Gasteiger partial charge in [0.05, 0.1) is 29.5 Å². The van der Waals surface area contributed by atoms with Crippen molar-refractivity contribution in [1.82, 2.24) is 10.1 Å². The van der Waals surface area contributed by atoms with Gasteiger partial charge < -0.3 is 24.0 Å². The summed E-state index contributed by atoms with van der Waals surface area (Å²) in [5.74, 6) is -1.05. The molecule has 3 aromatic heterocycles. The molecule has 0 spiro atoms. The number of pyridine rings is 1. The number of ether oxygens (including phenoxy) is 2. The summed E-state index contributed by atoms with van der Waals surface area (Å²) in [6.07, 6.45) is 0. The van der Waals surface area contributed by atoms with Crippen LogP contribution in [0.1, 0.15) is 26.5 Å². The second-order valence-corrected chi connectivity index (χ2v) is 9.65. The number of carbonyl (C=O) groups is 1. The largest absolute Gasteiger partial charge is 0.477 e. The predicted molar refractivity (Wildman–Crippen MR) is 140 cm³/mol. The van der Waals surface area contributed by atoms with E-state index in [1.165, 1.54) is 0 Å². The number of nitriles is 1. The van der Waals surface area contributed by atoms with Crippen LogP contribution in [-0.2, 0) is 11.3 Å². The average molecular weight is 548 g/mol. The molecule has 1 saturated heterocycles. The molecule has 0 saturated carbocycles. The van der Waals surface area contributed by atoms with Gasteiger partial charge in [-0.3, -0.25) is 10.1 Å². The van der Waals surface area contributed by atoms with Gasteiger partial charge >= 0.3 is 11.0 Å². The van der Waals surface area contributed by atoms with Crippen molar-refractivity contribution in [3.63, 3.8) is 0 Å². The van der Waals surface area contributed by atoms with Crippen LogP contribution in [0.2, 0.25) is 0 Å². The molecule has 4 heterocycles. The van der Waals surface area contributed by atoms with Gasteiger partial charge in [-0.1, -0.05) is 28.6 Å². The van der Waals surface area contributed by atoms with Crippen molar-refractivity contribution in [3.8, 4) is 34.5 Å². The van der Waals surface area contributed by atoms with E-state index in [-0.39, 0.29) is 33.5 Å². The number of carboxylic acid groups (broad SMARTS) is 1. The third kappa shape index (κ3) is 5.42. The molecule has 0 radical (unpaired) electrons. The van der Waals surface area contributed by atoms with Crippen LogP contribution in [0, 0.1) is 28.4 Å². The molecule has 198 valence electrons. The second-order valence-electron chi connectivity index (χ2n) is 8.62. The topological polar surface area (TPSA) is 165 Å². The molecule has 0 unspecified atom stereocenters. The minimum atomic E-state index is -1.31. The quantitative estimate of drug-likeness (QED) is 0.241. The van der Waals surface area contributed by atoms with Crippen molar-refractivity contribution in [2.24, 2.45) is 0 Å². The first-order valence-corrected chi connectivity index (χ1v) is 12.6. The maximum absolute atomic E-state index is 11.6. The maximum Gasteiger partial charge on any atom is 0.346 e. The number of morpholine rings is 1. The molecule has 12 nitrogen and oxygen atoms in total. The van der Waals surface area contributed by atoms with E-state index in [0.29, 0.717) is 47.3 Å². The molecule has 1 aromatic carbocycles. The van der Waals surface area contributed by atoms with Crippen molar-refractivity contribution in [2.75, 3.05) is 31.2 Å². The molecular weight excluding hydrogens is 526 g/mol. The summed E-state index contributed by atoms with van der Waals surface area (Å²) in [6.45, 7) is 4.32. The van der Waals surface area contributed by atoms with Gasteiger partial charge in [0.2, 0.25) is 5.88 Å². The van der Waals surface area contributed by atoms with Gasteiger partial charge in [-0.2, -0.15) is 5.26 Å². The third-order valence-corrected chi connectivity index (χ3v) is 7.18. The van der Waals surface area contributed by atoms with Crippen molar-refractivity contribution < 1.29 is 28.8 Å². The average Bonchev–Trinajstić information content (AvgIpc) is 3.59. The molecule has 13 heteroatoms. The smallest absolute Gasteiger partial charge is 0.346 e. The Labute approximate surface area is 225 Å². The minimum absolute atomic E-state index is 0.0569. The van der Waals surface area contributed by atoms with Crippen molar-refractivity contribution >= 4 is 28.0 Å². The van der Waals surface area contributed by atoms with E-state index < -0.39 is 10.9 Å². The molecule has 1 N–H and O–H groups in total. The van der Waals surface area contributed by atoms with Crippen molar-refractivity contribution in [3.05, 3.63) is 74.3 Å². The Morgan fingerprint density at radius 2 is 2.00 bits per heavy atom. The highest BCUT2D eigenvalue weighted by atomic mass is 32.1. The van der Waals surface area contributed by atoms with Gasteiger partial charge in [-0.05, 0) is 25.1 Å². The highest BCUT2D eigenvalue weighted by Gasteiger charge is 2.24. The molecule has 0 atom stereocenters. The Balaban J connectivity index is 1.54. The number of carboxylic acids is 1.